The van der Waals surface area contributed by atoms with E-state index in [0.29, 0.717) is 25.7 Å². The summed E-state index contributed by atoms with van der Waals surface area (Å²) in [6, 6.07) is 0. The summed E-state index contributed by atoms with van der Waals surface area (Å²) in [7, 11) is -9.93. The molecule has 17 nitrogen and oxygen atoms in total. The van der Waals surface area contributed by atoms with E-state index in [1.54, 1.807) is 0 Å². The minimum absolute atomic E-state index is 0.0924. The highest BCUT2D eigenvalue weighted by Gasteiger charge is 2.30. The van der Waals surface area contributed by atoms with Gasteiger partial charge in [0.2, 0.25) is 0 Å². The van der Waals surface area contributed by atoms with Crippen molar-refractivity contribution in [2.45, 2.75) is 380 Å². The number of carbonyl (C=O) groups is 4. The highest BCUT2D eigenvalue weighted by atomic mass is 31.2. The van der Waals surface area contributed by atoms with Gasteiger partial charge in [-0.05, 0) is 64.2 Å². The Morgan fingerprint density at radius 1 is 0.302 bits per heavy atom. The number of phosphoric ester groups is 2. The standard InChI is InChI=1S/C77H142O17P2/c1-5-9-13-17-21-25-29-32-35-38-42-45-49-53-57-61-74(79)87-67-72(93-76(81)63-59-55-51-47-41-28-24-20-16-12-8-4)69-91-95(83,84)89-65-71(78)66-90-96(85,86)92-70-73(94-77(82)64-60-56-52-48-44-40-37-34-31-27-23-19-15-11-7-3)68-88-75(80)62-58-54-50-46-43-39-36-33-30-26-22-18-14-10-6-2/h9,13,21,25,32,35,42,45,71-73,78H,5-8,10-12,14-20,22-24,26-31,33-34,36-41,43-44,46-70H2,1-4H3,(H,83,84)(H,85,86)/b13-9-,25-21-,35-32-,45-42-. The molecule has 562 valence electrons. The molecular weight excluding hydrogens is 1260 g/mol. The first kappa shape index (κ1) is 93.0. The number of aliphatic hydroxyl groups is 1. The summed E-state index contributed by atoms with van der Waals surface area (Å²) in [4.78, 5) is 72.8. The van der Waals surface area contributed by atoms with Crippen LogP contribution in [-0.4, -0.2) is 96.7 Å². The lowest BCUT2D eigenvalue weighted by molar-refractivity contribution is -0.161. The lowest BCUT2D eigenvalue weighted by Crippen LogP contribution is -2.30. The summed E-state index contributed by atoms with van der Waals surface area (Å²) < 4.78 is 68.5. The van der Waals surface area contributed by atoms with E-state index in [4.69, 9.17) is 37.0 Å². The average molecular weight is 1400 g/mol. The Balaban J connectivity index is 5.30. The molecule has 0 saturated carbocycles. The highest BCUT2D eigenvalue weighted by Crippen LogP contribution is 2.45. The molecule has 0 bridgehead atoms. The van der Waals surface area contributed by atoms with Crippen LogP contribution in [-0.2, 0) is 65.4 Å². The molecular formula is C77H142O17P2. The Kier molecular flexibility index (Phi) is 68.3. The molecule has 0 radical (unpaired) electrons. The number of aliphatic hydroxyl groups excluding tert-OH is 1. The Hall–Kier alpha value is -2.98. The molecule has 0 spiro atoms. The van der Waals surface area contributed by atoms with E-state index in [1.165, 1.54) is 173 Å². The van der Waals surface area contributed by atoms with Gasteiger partial charge in [0.15, 0.2) is 12.2 Å². The Bertz CT molecular complexity index is 2010. The fourth-order valence-electron chi connectivity index (χ4n) is 10.9. The topological polar surface area (TPSA) is 237 Å². The fraction of sp³-hybridized carbons (Fsp3) is 0.844. The molecule has 3 N–H and O–H groups in total. The second-order valence-corrected chi connectivity index (χ2v) is 29.2. The van der Waals surface area contributed by atoms with E-state index in [0.717, 1.165) is 109 Å². The van der Waals surface area contributed by atoms with Crippen molar-refractivity contribution in [3.05, 3.63) is 48.6 Å². The smallest absolute Gasteiger partial charge is 0.462 e. The molecule has 0 amide bonds. The quantitative estimate of drug-likeness (QED) is 0.0169. The van der Waals surface area contributed by atoms with Gasteiger partial charge in [-0.2, -0.15) is 0 Å². The van der Waals surface area contributed by atoms with Gasteiger partial charge in [0, 0.05) is 25.7 Å². The molecule has 0 rings (SSSR count). The van der Waals surface area contributed by atoms with Crippen molar-refractivity contribution in [3.63, 3.8) is 0 Å². The highest BCUT2D eigenvalue weighted by molar-refractivity contribution is 7.47. The number of phosphoric acid groups is 2. The molecule has 0 aliphatic rings. The zero-order chi connectivity index (χ0) is 70.4. The third kappa shape index (κ3) is 69.5. The maximum absolute atomic E-state index is 13.1. The third-order valence-corrected chi connectivity index (χ3v) is 18.7. The van der Waals surface area contributed by atoms with Crippen molar-refractivity contribution < 1.29 is 80.2 Å². The predicted octanol–water partition coefficient (Wildman–Crippen LogP) is 22.1. The molecule has 0 fully saturated rings. The second kappa shape index (κ2) is 70.5. The molecule has 0 aliphatic carbocycles. The summed E-state index contributed by atoms with van der Waals surface area (Å²) in [6.45, 7) is 4.79. The van der Waals surface area contributed by atoms with Crippen molar-refractivity contribution in [3.8, 4) is 0 Å². The Morgan fingerprint density at radius 2 is 0.542 bits per heavy atom. The fourth-order valence-corrected chi connectivity index (χ4v) is 12.5. The number of hydrogen-bond donors (Lipinski definition) is 3. The predicted molar refractivity (Wildman–Crippen MR) is 390 cm³/mol. The van der Waals surface area contributed by atoms with Crippen LogP contribution in [0, 0.1) is 0 Å². The number of esters is 4. The first-order valence-electron chi connectivity index (χ1n) is 38.9. The Morgan fingerprint density at radius 3 is 0.833 bits per heavy atom. The van der Waals surface area contributed by atoms with Crippen LogP contribution in [0.15, 0.2) is 48.6 Å². The van der Waals surface area contributed by atoms with Crippen LogP contribution in [0.3, 0.4) is 0 Å². The number of allylic oxidation sites excluding steroid dienone is 8. The molecule has 96 heavy (non-hydrogen) atoms. The Labute approximate surface area is 585 Å². The van der Waals surface area contributed by atoms with Crippen LogP contribution in [0.25, 0.3) is 0 Å². The SMILES string of the molecule is CC/C=C\C/C=C\C/C=C\C/C=C\CCCCC(=O)OCC(COP(=O)(O)OCC(O)COP(=O)(O)OCC(COC(=O)CCCCCCCCCCCCCCCCC)OC(=O)CCCCCCCCCCCCCCCCC)OC(=O)CCCCCCCCCCCCC. The minimum Gasteiger partial charge on any atom is -0.462 e. The van der Waals surface area contributed by atoms with Gasteiger partial charge < -0.3 is 33.8 Å². The molecule has 5 unspecified atom stereocenters. The molecule has 5 atom stereocenters. The van der Waals surface area contributed by atoms with Crippen LogP contribution in [0.2, 0.25) is 0 Å². The number of ether oxygens (including phenoxy) is 4. The average Bonchev–Trinajstić information content (AvgIpc) is 1.11. The maximum atomic E-state index is 13.1. The van der Waals surface area contributed by atoms with Gasteiger partial charge in [-0.25, -0.2) is 9.13 Å². The molecule has 0 aliphatic heterocycles. The van der Waals surface area contributed by atoms with Gasteiger partial charge in [-0.1, -0.05) is 320 Å². The summed E-state index contributed by atoms with van der Waals surface area (Å²) in [6.07, 6.45) is 66.7. The number of rotatable bonds is 74. The molecule has 0 heterocycles. The van der Waals surface area contributed by atoms with Gasteiger partial charge in [0.05, 0.1) is 26.4 Å². The van der Waals surface area contributed by atoms with E-state index < -0.39 is 97.5 Å². The second-order valence-electron chi connectivity index (χ2n) is 26.3. The molecule has 0 saturated heterocycles. The summed E-state index contributed by atoms with van der Waals surface area (Å²) in [5.41, 5.74) is 0. The van der Waals surface area contributed by atoms with Crippen molar-refractivity contribution >= 4 is 39.5 Å². The van der Waals surface area contributed by atoms with Gasteiger partial charge in [0.25, 0.3) is 0 Å². The maximum Gasteiger partial charge on any atom is 0.472 e. The molecule has 0 aromatic carbocycles. The van der Waals surface area contributed by atoms with Crippen molar-refractivity contribution in [1.82, 2.24) is 0 Å². The molecule has 0 aromatic rings. The minimum atomic E-state index is -4.97. The zero-order valence-corrected chi connectivity index (χ0v) is 63.1. The van der Waals surface area contributed by atoms with Gasteiger partial charge >= 0.3 is 39.5 Å². The van der Waals surface area contributed by atoms with Gasteiger partial charge in [-0.3, -0.25) is 37.3 Å². The van der Waals surface area contributed by atoms with Crippen molar-refractivity contribution in [2.75, 3.05) is 39.6 Å². The van der Waals surface area contributed by atoms with E-state index in [1.807, 2.05) is 0 Å². The van der Waals surface area contributed by atoms with E-state index in [9.17, 15) is 43.2 Å². The summed E-state index contributed by atoms with van der Waals surface area (Å²) >= 11 is 0. The first-order valence-corrected chi connectivity index (χ1v) is 41.9. The van der Waals surface area contributed by atoms with Crippen LogP contribution in [0.5, 0.6) is 0 Å². The zero-order valence-electron chi connectivity index (χ0n) is 61.3. The molecule has 19 heteroatoms. The van der Waals surface area contributed by atoms with Gasteiger partial charge in [-0.15, -0.1) is 0 Å². The van der Waals surface area contributed by atoms with Crippen LogP contribution < -0.4 is 0 Å². The number of unbranched alkanes of at least 4 members (excludes halogenated alkanes) is 40. The van der Waals surface area contributed by atoms with E-state index >= 15 is 0 Å². The molecule has 0 aromatic heterocycles. The van der Waals surface area contributed by atoms with Crippen molar-refractivity contribution in [2.24, 2.45) is 0 Å². The largest absolute Gasteiger partial charge is 0.472 e. The van der Waals surface area contributed by atoms with E-state index in [2.05, 4.69) is 76.3 Å². The summed E-state index contributed by atoms with van der Waals surface area (Å²) in [5, 5.41) is 10.6. The third-order valence-electron chi connectivity index (χ3n) is 16.8. The van der Waals surface area contributed by atoms with Crippen LogP contribution in [0.1, 0.15) is 362 Å². The summed E-state index contributed by atoms with van der Waals surface area (Å²) in [5.74, 6) is -2.18. The number of hydrogen-bond acceptors (Lipinski definition) is 15. The monoisotopic (exact) mass is 1400 g/mol. The lowest BCUT2D eigenvalue weighted by atomic mass is 10.0. The van der Waals surface area contributed by atoms with Crippen LogP contribution in [0.4, 0.5) is 0 Å². The van der Waals surface area contributed by atoms with Crippen molar-refractivity contribution in [1.29, 1.82) is 0 Å². The number of carbonyl (C=O) groups excluding carboxylic acids is 4. The first-order chi connectivity index (χ1) is 46.7. The van der Waals surface area contributed by atoms with Crippen LogP contribution >= 0.6 is 15.6 Å². The van der Waals surface area contributed by atoms with Gasteiger partial charge in [0.1, 0.15) is 19.3 Å². The normalized spacial score (nSPS) is 14.2. The lowest BCUT2D eigenvalue weighted by Gasteiger charge is -2.21. The van der Waals surface area contributed by atoms with E-state index in [-0.39, 0.29) is 25.7 Å².